The van der Waals surface area contributed by atoms with E-state index in [1.165, 1.54) is 16.8 Å². The number of rotatable bonds is 3. The summed E-state index contributed by atoms with van der Waals surface area (Å²) in [4.78, 5) is 6.64. The molecular weight excluding hydrogens is 258 g/mol. The molecule has 106 valence electrons. The Kier molecular flexibility index (Phi) is 3.48. The third kappa shape index (κ3) is 2.82. The Hall–Kier alpha value is -2.55. The molecular formula is C18H19N3. The molecule has 0 aliphatic carbocycles. The van der Waals surface area contributed by atoms with E-state index in [0.29, 0.717) is 0 Å². The molecule has 0 unspecified atom stereocenters. The minimum Gasteiger partial charge on any atom is -0.399 e. The van der Waals surface area contributed by atoms with Crippen LogP contribution in [-0.4, -0.2) is 12.0 Å². The van der Waals surface area contributed by atoms with Crippen molar-refractivity contribution in [2.45, 2.75) is 13.5 Å². The maximum Gasteiger partial charge on any atom is 0.0743 e. The molecule has 0 fully saturated rings. The Morgan fingerprint density at radius 2 is 1.81 bits per heavy atom. The summed E-state index contributed by atoms with van der Waals surface area (Å²) < 4.78 is 0. The number of benzene rings is 2. The second-order valence-corrected chi connectivity index (χ2v) is 5.45. The van der Waals surface area contributed by atoms with E-state index >= 15 is 0 Å². The van der Waals surface area contributed by atoms with Crippen molar-refractivity contribution in [1.82, 2.24) is 4.98 Å². The van der Waals surface area contributed by atoms with Crippen LogP contribution in [0, 0.1) is 6.92 Å². The second kappa shape index (κ2) is 5.44. The summed E-state index contributed by atoms with van der Waals surface area (Å²) in [5, 5.41) is 1.13. The summed E-state index contributed by atoms with van der Waals surface area (Å²) in [6.07, 6.45) is 1.84. The van der Waals surface area contributed by atoms with Crippen molar-refractivity contribution in [2.75, 3.05) is 17.7 Å². The normalized spacial score (nSPS) is 10.8. The number of hydrogen-bond acceptors (Lipinski definition) is 3. The van der Waals surface area contributed by atoms with Crippen LogP contribution in [0.4, 0.5) is 11.4 Å². The van der Waals surface area contributed by atoms with Crippen LogP contribution in [0.3, 0.4) is 0 Å². The van der Waals surface area contributed by atoms with Crippen LogP contribution >= 0.6 is 0 Å². The number of hydrogen-bond donors (Lipinski definition) is 1. The fourth-order valence-corrected chi connectivity index (χ4v) is 2.54. The molecule has 0 bridgehead atoms. The number of pyridine rings is 1. The van der Waals surface area contributed by atoms with E-state index in [9.17, 15) is 0 Å². The first kappa shape index (κ1) is 13.4. The average molecular weight is 277 g/mol. The van der Waals surface area contributed by atoms with Gasteiger partial charge in [-0.15, -0.1) is 0 Å². The maximum atomic E-state index is 5.83. The molecule has 2 N–H and O–H groups in total. The summed E-state index contributed by atoms with van der Waals surface area (Å²) in [7, 11) is 2.10. The fourth-order valence-electron chi connectivity index (χ4n) is 2.54. The third-order valence-electron chi connectivity index (χ3n) is 3.70. The minimum absolute atomic E-state index is 0.744. The molecule has 2 aromatic carbocycles. The fraction of sp³-hybridized carbons (Fsp3) is 0.167. The first-order valence-electron chi connectivity index (χ1n) is 7.04. The van der Waals surface area contributed by atoms with Gasteiger partial charge in [0.1, 0.15) is 0 Å². The van der Waals surface area contributed by atoms with Crippen molar-refractivity contribution < 1.29 is 0 Å². The molecule has 1 heterocycles. The molecule has 3 heteroatoms. The lowest BCUT2D eigenvalue weighted by Gasteiger charge is -2.21. The number of nitrogen functional groups attached to an aromatic ring is 1. The van der Waals surface area contributed by atoms with Crippen LogP contribution < -0.4 is 10.6 Å². The molecule has 0 radical (unpaired) electrons. The van der Waals surface area contributed by atoms with Crippen LogP contribution in [-0.2, 0) is 6.54 Å². The van der Waals surface area contributed by atoms with Gasteiger partial charge in [0, 0.05) is 36.6 Å². The molecule has 21 heavy (non-hydrogen) atoms. The van der Waals surface area contributed by atoms with Gasteiger partial charge in [0.25, 0.3) is 0 Å². The van der Waals surface area contributed by atoms with Crippen molar-refractivity contribution in [3.63, 3.8) is 0 Å². The predicted octanol–water partition coefficient (Wildman–Crippen LogP) is 3.76. The molecule has 0 amide bonds. The van der Waals surface area contributed by atoms with Crippen molar-refractivity contribution in [3.8, 4) is 0 Å². The van der Waals surface area contributed by atoms with Gasteiger partial charge in [0.05, 0.1) is 5.52 Å². The topological polar surface area (TPSA) is 42.2 Å². The number of aryl methyl sites for hydroxylation is 1. The second-order valence-electron chi connectivity index (χ2n) is 5.45. The molecule has 1 aromatic heterocycles. The quantitative estimate of drug-likeness (QED) is 0.741. The van der Waals surface area contributed by atoms with E-state index in [4.69, 9.17) is 5.73 Å². The van der Waals surface area contributed by atoms with Crippen LogP contribution in [0.25, 0.3) is 10.9 Å². The Balaban J connectivity index is 1.94. The van der Waals surface area contributed by atoms with Crippen molar-refractivity contribution >= 4 is 22.3 Å². The first-order valence-corrected chi connectivity index (χ1v) is 7.04. The van der Waals surface area contributed by atoms with Gasteiger partial charge in [-0.05, 0) is 36.8 Å². The number of aromatic nitrogens is 1. The Bertz CT molecular complexity index is 763. The van der Waals surface area contributed by atoms with Gasteiger partial charge in [-0.3, -0.25) is 4.98 Å². The smallest absolute Gasteiger partial charge is 0.0743 e. The van der Waals surface area contributed by atoms with Crippen LogP contribution in [0.15, 0.2) is 54.7 Å². The molecule has 3 rings (SSSR count). The number of nitrogens with zero attached hydrogens (tertiary/aromatic N) is 2. The van der Waals surface area contributed by atoms with E-state index in [1.54, 1.807) is 0 Å². The predicted molar refractivity (Wildman–Crippen MR) is 89.4 cm³/mol. The van der Waals surface area contributed by atoms with E-state index in [0.717, 1.165) is 23.1 Å². The average Bonchev–Trinajstić information content (AvgIpc) is 2.48. The highest BCUT2D eigenvalue weighted by Crippen LogP contribution is 2.26. The first-order chi connectivity index (χ1) is 10.1. The van der Waals surface area contributed by atoms with E-state index in [1.807, 2.05) is 30.5 Å². The minimum atomic E-state index is 0.744. The van der Waals surface area contributed by atoms with Crippen molar-refractivity contribution in [2.24, 2.45) is 0 Å². The van der Waals surface area contributed by atoms with Gasteiger partial charge >= 0.3 is 0 Å². The van der Waals surface area contributed by atoms with Gasteiger partial charge in [-0.1, -0.05) is 29.8 Å². The van der Waals surface area contributed by atoms with E-state index in [2.05, 4.69) is 48.1 Å². The SMILES string of the molecule is Cc1ccc(CN(C)c2ccnc3cc(N)ccc23)cc1. The summed E-state index contributed by atoms with van der Waals surface area (Å²) >= 11 is 0. The molecule has 0 atom stereocenters. The molecule has 0 aliphatic rings. The maximum absolute atomic E-state index is 5.83. The van der Waals surface area contributed by atoms with Crippen LogP contribution in [0.5, 0.6) is 0 Å². The highest BCUT2D eigenvalue weighted by molar-refractivity contribution is 5.93. The molecule has 3 aromatic rings. The largest absolute Gasteiger partial charge is 0.399 e. The number of anilines is 2. The summed E-state index contributed by atoms with van der Waals surface area (Å²) in [6.45, 7) is 2.97. The highest BCUT2D eigenvalue weighted by atomic mass is 15.1. The van der Waals surface area contributed by atoms with Gasteiger partial charge < -0.3 is 10.6 Å². The van der Waals surface area contributed by atoms with E-state index in [-0.39, 0.29) is 0 Å². The number of nitrogens with two attached hydrogens (primary N) is 1. The lowest BCUT2D eigenvalue weighted by atomic mass is 10.1. The lowest BCUT2D eigenvalue weighted by Crippen LogP contribution is -2.16. The van der Waals surface area contributed by atoms with Gasteiger partial charge in [-0.25, -0.2) is 0 Å². The Morgan fingerprint density at radius 3 is 2.57 bits per heavy atom. The molecule has 0 aliphatic heterocycles. The van der Waals surface area contributed by atoms with Gasteiger partial charge in [-0.2, -0.15) is 0 Å². The van der Waals surface area contributed by atoms with Gasteiger partial charge in [0.2, 0.25) is 0 Å². The monoisotopic (exact) mass is 277 g/mol. The van der Waals surface area contributed by atoms with Gasteiger partial charge in [0.15, 0.2) is 0 Å². The Labute approximate surface area is 125 Å². The van der Waals surface area contributed by atoms with Crippen molar-refractivity contribution in [3.05, 3.63) is 65.9 Å². The molecule has 0 saturated heterocycles. The van der Waals surface area contributed by atoms with Crippen LogP contribution in [0.2, 0.25) is 0 Å². The standard InChI is InChI=1S/C18H19N3/c1-13-3-5-14(6-4-13)12-21(2)18-9-10-20-17-11-15(19)7-8-16(17)18/h3-11H,12,19H2,1-2H3. The lowest BCUT2D eigenvalue weighted by molar-refractivity contribution is 0.926. The highest BCUT2D eigenvalue weighted by Gasteiger charge is 2.07. The number of fused-ring (bicyclic) bond motifs is 1. The molecule has 0 spiro atoms. The van der Waals surface area contributed by atoms with Crippen LogP contribution in [0.1, 0.15) is 11.1 Å². The third-order valence-corrected chi connectivity index (χ3v) is 3.70. The summed E-state index contributed by atoms with van der Waals surface area (Å²) in [6, 6.07) is 16.6. The zero-order chi connectivity index (χ0) is 14.8. The summed E-state index contributed by atoms with van der Waals surface area (Å²) in [5.41, 5.74) is 11.3. The zero-order valence-corrected chi connectivity index (χ0v) is 12.4. The molecule has 0 saturated carbocycles. The van der Waals surface area contributed by atoms with E-state index < -0.39 is 0 Å². The Morgan fingerprint density at radius 1 is 1.05 bits per heavy atom. The summed E-state index contributed by atoms with van der Waals surface area (Å²) in [5.74, 6) is 0. The van der Waals surface area contributed by atoms with Crippen molar-refractivity contribution in [1.29, 1.82) is 0 Å². The zero-order valence-electron chi connectivity index (χ0n) is 12.4. The molecule has 3 nitrogen and oxygen atoms in total.